The maximum absolute atomic E-state index is 12.6. The third-order valence-corrected chi connectivity index (χ3v) is 5.49. The molecule has 1 amide bonds. The van der Waals surface area contributed by atoms with Crippen LogP contribution in [0.1, 0.15) is 17.5 Å². The van der Waals surface area contributed by atoms with Crippen LogP contribution in [-0.4, -0.2) is 43.3 Å². The zero-order valence-electron chi connectivity index (χ0n) is 11.6. The number of carbonyl (C=O) groups is 1. The summed E-state index contributed by atoms with van der Waals surface area (Å²) in [6, 6.07) is 4.67. The van der Waals surface area contributed by atoms with Crippen LogP contribution in [-0.2, 0) is 14.8 Å². The lowest BCUT2D eigenvalue weighted by Gasteiger charge is -2.19. The first-order chi connectivity index (χ1) is 9.82. The molecule has 0 aliphatic carbocycles. The van der Waals surface area contributed by atoms with Gasteiger partial charge in [0.15, 0.2) is 0 Å². The molecule has 0 radical (unpaired) electrons. The van der Waals surface area contributed by atoms with Gasteiger partial charge in [0.25, 0.3) is 0 Å². The molecule has 8 heteroatoms. The van der Waals surface area contributed by atoms with Crippen LogP contribution in [0.25, 0.3) is 0 Å². The summed E-state index contributed by atoms with van der Waals surface area (Å²) < 4.78 is 26.5. The molecule has 1 saturated heterocycles. The van der Waals surface area contributed by atoms with Crippen molar-refractivity contribution < 1.29 is 13.2 Å². The minimum atomic E-state index is -3.62. The molecule has 0 aromatic heterocycles. The number of thiocarbonyl (C=S) groups is 1. The molecule has 1 aliphatic heterocycles. The number of nitrogens with one attached hydrogen (secondary N) is 1. The van der Waals surface area contributed by atoms with Crippen molar-refractivity contribution >= 4 is 33.1 Å². The van der Waals surface area contributed by atoms with E-state index >= 15 is 0 Å². The SMILES string of the molecule is Cc1cc(S(=O)(=O)N2CCNC(=O)CC2)ccc1C(N)=S. The zero-order valence-corrected chi connectivity index (χ0v) is 13.3. The van der Waals surface area contributed by atoms with Crippen LogP contribution in [0.3, 0.4) is 0 Å². The van der Waals surface area contributed by atoms with Crippen LogP contribution < -0.4 is 11.1 Å². The van der Waals surface area contributed by atoms with E-state index in [-0.39, 0.29) is 35.3 Å². The van der Waals surface area contributed by atoms with Gasteiger partial charge < -0.3 is 11.1 Å². The topological polar surface area (TPSA) is 92.5 Å². The standard InChI is InChI=1S/C13H17N3O3S2/c1-9-8-10(2-3-11(9)13(14)20)21(18,19)16-6-4-12(17)15-5-7-16/h2-3,8H,4-7H2,1H3,(H2,14,20)(H,15,17). The van der Waals surface area contributed by atoms with Crippen LogP contribution >= 0.6 is 12.2 Å². The second-order valence-corrected chi connectivity index (χ2v) is 7.22. The predicted molar refractivity (Wildman–Crippen MR) is 83.5 cm³/mol. The molecule has 1 fully saturated rings. The number of hydrogen-bond donors (Lipinski definition) is 2. The Morgan fingerprint density at radius 1 is 1.38 bits per heavy atom. The summed E-state index contributed by atoms with van der Waals surface area (Å²) in [6.07, 6.45) is 0.170. The van der Waals surface area contributed by atoms with Crippen molar-refractivity contribution in [2.45, 2.75) is 18.2 Å². The van der Waals surface area contributed by atoms with Gasteiger partial charge in [-0.25, -0.2) is 8.42 Å². The van der Waals surface area contributed by atoms with Gasteiger partial charge in [0.2, 0.25) is 15.9 Å². The second-order valence-electron chi connectivity index (χ2n) is 4.85. The summed E-state index contributed by atoms with van der Waals surface area (Å²) >= 11 is 4.91. The molecule has 21 heavy (non-hydrogen) atoms. The van der Waals surface area contributed by atoms with Crippen molar-refractivity contribution in [2.24, 2.45) is 5.73 Å². The molecule has 1 aliphatic rings. The first kappa shape index (κ1) is 15.9. The predicted octanol–water partition coefficient (Wildman–Crippen LogP) is 0.140. The lowest BCUT2D eigenvalue weighted by atomic mass is 10.1. The normalized spacial score (nSPS) is 17.1. The fraction of sp³-hybridized carbons (Fsp3) is 0.385. The first-order valence-electron chi connectivity index (χ1n) is 6.49. The Labute approximate surface area is 129 Å². The summed E-state index contributed by atoms with van der Waals surface area (Å²) in [7, 11) is -3.62. The fourth-order valence-corrected chi connectivity index (χ4v) is 3.97. The maximum Gasteiger partial charge on any atom is 0.243 e. The highest BCUT2D eigenvalue weighted by Crippen LogP contribution is 2.20. The summed E-state index contributed by atoms with van der Waals surface area (Å²) in [5.74, 6) is -0.132. The Morgan fingerprint density at radius 3 is 2.71 bits per heavy atom. The second kappa shape index (κ2) is 6.08. The monoisotopic (exact) mass is 327 g/mol. The van der Waals surface area contributed by atoms with Crippen molar-refractivity contribution in [3.63, 3.8) is 0 Å². The van der Waals surface area contributed by atoms with Crippen LogP contribution in [0.15, 0.2) is 23.1 Å². The van der Waals surface area contributed by atoms with Gasteiger partial charge in [0.05, 0.1) is 4.90 Å². The molecule has 1 aromatic rings. The molecule has 2 rings (SSSR count). The van der Waals surface area contributed by atoms with Crippen molar-refractivity contribution in [1.29, 1.82) is 0 Å². The number of carbonyl (C=O) groups excluding carboxylic acids is 1. The highest BCUT2D eigenvalue weighted by atomic mass is 32.2. The zero-order chi connectivity index (χ0) is 15.6. The quantitative estimate of drug-likeness (QED) is 0.771. The van der Waals surface area contributed by atoms with E-state index in [1.165, 1.54) is 10.4 Å². The summed E-state index contributed by atoms with van der Waals surface area (Å²) in [6.45, 7) is 2.54. The number of aryl methyl sites for hydroxylation is 1. The lowest BCUT2D eigenvalue weighted by molar-refractivity contribution is -0.120. The third kappa shape index (κ3) is 3.39. The van der Waals surface area contributed by atoms with Crippen LogP contribution in [0.4, 0.5) is 0 Å². The third-order valence-electron chi connectivity index (χ3n) is 3.37. The average molecular weight is 327 g/mol. The Hall–Kier alpha value is -1.51. The Bertz CT molecular complexity index is 686. The van der Waals surface area contributed by atoms with Gasteiger partial charge in [-0.2, -0.15) is 4.31 Å². The molecule has 0 bridgehead atoms. The van der Waals surface area contributed by atoms with Crippen molar-refractivity contribution in [3.8, 4) is 0 Å². The number of nitrogens with zero attached hydrogens (tertiary/aromatic N) is 1. The van der Waals surface area contributed by atoms with Gasteiger partial charge in [0, 0.05) is 31.6 Å². The molecule has 1 heterocycles. The Balaban J connectivity index is 2.33. The van der Waals surface area contributed by atoms with Gasteiger partial charge in [-0.05, 0) is 24.6 Å². The minimum absolute atomic E-state index is 0.132. The number of nitrogens with two attached hydrogens (primary N) is 1. The number of benzene rings is 1. The molecule has 1 aromatic carbocycles. The number of hydrogen-bond acceptors (Lipinski definition) is 4. The lowest BCUT2D eigenvalue weighted by Crippen LogP contribution is -2.34. The summed E-state index contributed by atoms with van der Waals surface area (Å²) in [5, 5.41) is 2.65. The van der Waals surface area contributed by atoms with E-state index in [4.69, 9.17) is 18.0 Å². The van der Waals surface area contributed by atoms with E-state index in [0.717, 1.165) is 0 Å². The first-order valence-corrected chi connectivity index (χ1v) is 8.34. The number of amides is 1. The highest BCUT2D eigenvalue weighted by molar-refractivity contribution is 7.89. The van der Waals surface area contributed by atoms with Crippen molar-refractivity contribution in [2.75, 3.05) is 19.6 Å². The van der Waals surface area contributed by atoms with Crippen molar-refractivity contribution in [1.82, 2.24) is 9.62 Å². The molecule has 3 N–H and O–H groups in total. The molecular weight excluding hydrogens is 310 g/mol. The van der Waals surface area contributed by atoms with Gasteiger partial charge in [-0.15, -0.1) is 0 Å². The Kier molecular flexibility index (Phi) is 4.60. The molecule has 0 spiro atoms. The van der Waals surface area contributed by atoms with Crippen LogP contribution in [0.5, 0.6) is 0 Å². The van der Waals surface area contributed by atoms with Crippen LogP contribution in [0.2, 0.25) is 0 Å². The van der Waals surface area contributed by atoms with E-state index in [1.54, 1.807) is 19.1 Å². The van der Waals surface area contributed by atoms with Gasteiger partial charge in [-0.1, -0.05) is 18.3 Å². The van der Waals surface area contributed by atoms with E-state index < -0.39 is 10.0 Å². The maximum atomic E-state index is 12.6. The Morgan fingerprint density at radius 2 is 2.10 bits per heavy atom. The highest BCUT2D eigenvalue weighted by Gasteiger charge is 2.27. The fourth-order valence-electron chi connectivity index (χ4n) is 2.21. The van der Waals surface area contributed by atoms with Crippen LogP contribution in [0, 0.1) is 6.92 Å². The molecule has 0 unspecified atom stereocenters. The van der Waals surface area contributed by atoms with Crippen molar-refractivity contribution in [3.05, 3.63) is 29.3 Å². The van der Waals surface area contributed by atoms with Gasteiger partial charge in [0.1, 0.15) is 4.99 Å². The molecule has 0 atom stereocenters. The molecule has 114 valence electrons. The smallest absolute Gasteiger partial charge is 0.243 e. The molecular formula is C13H17N3O3S2. The van der Waals surface area contributed by atoms with Gasteiger partial charge in [-0.3, -0.25) is 4.79 Å². The van der Waals surface area contributed by atoms with E-state index in [9.17, 15) is 13.2 Å². The molecule has 6 nitrogen and oxygen atoms in total. The van der Waals surface area contributed by atoms with Gasteiger partial charge >= 0.3 is 0 Å². The number of sulfonamides is 1. The van der Waals surface area contributed by atoms with E-state index in [2.05, 4.69) is 5.32 Å². The van der Waals surface area contributed by atoms with E-state index in [0.29, 0.717) is 17.7 Å². The summed E-state index contributed by atoms with van der Waals surface area (Å²) in [5.41, 5.74) is 6.96. The average Bonchev–Trinajstić information content (AvgIpc) is 2.63. The van der Waals surface area contributed by atoms with E-state index in [1.807, 2.05) is 0 Å². The number of rotatable bonds is 3. The molecule has 0 saturated carbocycles. The largest absolute Gasteiger partial charge is 0.389 e. The minimum Gasteiger partial charge on any atom is -0.389 e. The summed E-state index contributed by atoms with van der Waals surface area (Å²) in [4.78, 5) is 11.7.